The van der Waals surface area contributed by atoms with Gasteiger partial charge in [0.05, 0.1) is 22.9 Å². The van der Waals surface area contributed by atoms with Crippen LogP contribution in [0.2, 0.25) is 5.02 Å². The molecule has 0 spiro atoms. The molecule has 1 atom stereocenters. The predicted molar refractivity (Wildman–Crippen MR) is 105 cm³/mol. The number of nitrogens with zero attached hydrogens (tertiary/aromatic N) is 1. The SMILES string of the molecule is COc1ccc(S(=O)(=O)N2CCC[C@@H](C(=O)Nc3ccc(F)cc3)C2)cc1Cl. The molecule has 6 nitrogen and oxygen atoms in total. The van der Waals surface area contributed by atoms with Gasteiger partial charge in [-0.15, -0.1) is 0 Å². The minimum absolute atomic E-state index is 0.0536. The van der Waals surface area contributed by atoms with Crippen LogP contribution >= 0.6 is 11.6 Å². The summed E-state index contributed by atoms with van der Waals surface area (Å²) in [5, 5.41) is 2.91. The number of rotatable bonds is 5. The monoisotopic (exact) mass is 426 g/mol. The minimum atomic E-state index is -3.79. The van der Waals surface area contributed by atoms with E-state index in [-0.39, 0.29) is 22.4 Å². The minimum Gasteiger partial charge on any atom is -0.495 e. The standard InChI is InChI=1S/C19H20ClFN2O4S/c1-27-18-9-8-16(11-17(18)20)28(25,26)23-10-2-3-13(12-23)19(24)22-15-6-4-14(21)5-7-15/h4-9,11,13H,2-3,10,12H2,1H3,(H,22,24)/t13-/m1/s1. The molecule has 2 aromatic carbocycles. The molecule has 1 fully saturated rings. The quantitative estimate of drug-likeness (QED) is 0.793. The number of carbonyl (C=O) groups is 1. The molecule has 0 bridgehead atoms. The van der Waals surface area contributed by atoms with E-state index in [0.29, 0.717) is 30.8 Å². The molecule has 0 unspecified atom stereocenters. The summed E-state index contributed by atoms with van der Waals surface area (Å²) < 4.78 is 45.3. The van der Waals surface area contributed by atoms with Gasteiger partial charge in [-0.1, -0.05) is 11.6 Å². The topological polar surface area (TPSA) is 75.7 Å². The van der Waals surface area contributed by atoms with E-state index in [2.05, 4.69) is 5.32 Å². The van der Waals surface area contributed by atoms with Gasteiger partial charge in [-0.05, 0) is 55.3 Å². The van der Waals surface area contributed by atoms with Crippen LogP contribution in [0.4, 0.5) is 10.1 Å². The number of hydrogen-bond acceptors (Lipinski definition) is 4. The van der Waals surface area contributed by atoms with Crippen LogP contribution in [0.15, 0.2) is 47.4 Å². The highest BCUT2D eigenvalue weighted by Crippen LogP contribution is 2.30. The van der Waals surface area contributed by atoms with Gasteiger partial charge in [0.2, 0.25) is 15.9 Å². The maximum atomic E-state index is 13.0. The van der Waals surface area contributed by atoms with Crippen LogP contribution in [0.3, 0.4) is 0 Å². The first-order chi connectivity index (χ1) is 13.3. The second kappa shape index (κ2) is 8.46. The van der Waals surface area contributed by atoms with Gasteiger partial charge >= 0.3 is 0 Å². The number of carbonyl (C=O) groups excluding carboxylic acids is 1. The fourth-order valence-corrected chi connectivity index (χ4v) is 4.98. The molecule has 2 aromatic rings. The van der Waals surface area contributed by atoms with Gasteiger partial charge < -0.3 is 10.1 Å². The Hall–Kier alpha value is -2.16. The number of piperidine rings is 1. The average molecular weight is 427 g/mol. The third-order valence-corrected chi connectivity index (χ3v) is 6.78. The molecule has 0 aromatic heterocycles. The normalized spacial score (nSPS) is 17.9. The van der Waals surface area contributed by atoms with Gasteiger partial charge in [-0.3, -0.25) is 4.79 Å². The van der Waals surface area contributed by atoms with E-state index >= 15 is 0 Å². The molecule has 1 saturated heterocycles. The Kier molecular flexibility index (Phi) is 6.22. The van der Waals surface area contributed by atoms with Crippen LogP contribution in [0.25, 0.3) is 0 Å². The second-order valence-electron chi connectivity index (χ2n) is 6.49. The highest BCUT2D eigenvalue weighted by atomic mass is 35.5. The van der Waals surface area contributed by atoms with E-state index < -0.39 is 21.8 Å². The van der Waals surface area contributed by atoms with Gasteiger partial charge in [0, 0.05) is 18.8 Å². The lowest BCUT2D eigenvalue weighted by atomic mass is 9.99. The number of ether oxygens (including phenoxy) is 1. The van der Waals surface area contributed by atoms with Crippen molar-refractivity contribution in [3.63, 3.8) is 0 Å². The van der Waals surface area contributed by atoms with E-state index in [1.165, 1.54) is 53.9 Å². The molecule has 150 valence electrons. The van der Waals surface area contributed by atoms with Crippen molar-refractivity contribution >= 4 is 33.2 Å². The summed E-state index contributed by atoms with van der Waals surface area (Å²) in [6.45, 7) is 0.394. The van der Waals surface area contributed by atoms with Crippen molar-refractivity contribution < 1.29 is 22.3 Å². The molecule has 1 heterocycles. The Morgan fingerprint density at radius 3 is 2.61 bits per heavy atom. The maximum Gasteiger partial charge on any atom is 0.243 e. The number of methoxy groups -OCH3 is 1. The predicted octanol–water partition coefficient (Wildman–Crippen LogP) is 3.53. The zero-order valence-corrected chi connectivity index (χ0v) is 16.8. The third-order valence-electron chi connectivity index (χ3n) is 4.63. The molecule has 3 rings (SSSR count). The summed E-state index contributed by atoms with van der Waals surface area (Å²) >= 11 is 6.06. The van der Waals surface area contributed by atoms with Crippen molar-refractivity contribution in [2.45, 2.75) is 17.7 Å². The molecule has 1 amide bonds. The zero-order valence-electron chi connectivity index (χ0n) is 15.2. The first-order valence-electron chi connectivity index (χ1n) is 8.71. The molecule has 0 saturated carbocycles. The zero-order chi connectivity index (χ0) is 20.3. The van der Waals surface area contributed by atoms with Crippen LogP contribution in [0, 0.1) is 11.7 Å². The molecule has 0 radical (unpaired) electrons. The van der Waals surface area contributed by atoms with Gasteiger partial charge in [0.1, 0.15) is 11.6 Å². The van der Waals surface area contributed by atoms with Gasteiger partial charge in [0.25, 0.3) is 0 Å². The molecule has 0 aliphatic carbocycles. The molecular weight excluding hydrogens is 407 g/mol. The number of benzene rings is 2. The van der Waals surface area contributed by atoms with Crippen molar-refractivity contribution in [1.82, 2.24) is 4.31 Å². The van der Waals surface area contributed by atoms with Crippen LogP contribution in [-0.4, -0.2) is 38.8 Å². The molecular formula is C19H20ClFN2O4S. The Labute approximate surface area is 168 Å². The van der Waals surface area contributed by atoms with Crippen LogP contribution in [-0.2, 0) is 14.8 Å². The van der Waals surface area contributed by atoms with E-state index in [1.54, 1.807) is 0 Å². The Morgan fingerprint density at radius 1 is 1.25 bits per heavy atom. The summed E-state index contributed by atoms with van der Waals surface area (Å²) in [7, 11) is -2.34. The number of sulfonamides is 1. The van der Waals surface area contributed by atoms with E-state index in [9.17, 15) is 17.6 Å². The van der Waals surface area contributed by atoms with Crippen molar-refractivity contribution in [1.29, 1.82) is 0 Å². The average Bonchev–Trinajstić information content (AvgIpc) is 2.69. The molecule has 1 aliphatic heterocycles. The second-order valence-corrected chi connectivity index (χ2v) is 8.84. The highest BCUT2D eigenvalue weighted by molar-refractivity contribution is 7.89. The van der Waals surface area contributed by atoms with Crippen LogP contribution in [0.5, 0.6) is 5.75 Å². The summed E-state index contributed by atoms with van der Waals surface area (Å²) in [6.07, 6.45) is 1.13. The maximum absolute atomic E-state index is 13.0. The van der Waals surface area contributed by atoms with Gasteiger partial charge in [-0.25, -0.2) is 12.8 Å². The van der Waals surface area contributed by atoms with Crippen molar-refractivity contribution in [2.75, 3.05) is 25.5 Å². The lowest BCUT2D eigenvalue weighted by Gasteiger charge is -2.31. The van der Waals surface area contributed by atoms with E-state index in [4.69, 9.17) is 16.3 Å². The van der Waals surface area contributed by atoms with Crippen molar-refractivity contribution in [2.24, 2.45) is 5.92 Å². The summed E-state index contributed by atoms with van der Waals surface area (Å²) in [5.74, 6) is -0.802. The number of hydrogen-bond donors (Lipinski definition) is 1. The van der Waals surface area contributed by atoms with Crippen LogP contribution in [0.1, 0.15) is 12.8 Å². The molecule has 28 heavy (non-hydrogen) atoms. The smallest absolute Gasteiger partial charge is 0.243 e. The molecule has 9 heteroatoms. The summed E-state index contributed by atoms with van der Waals surface area (Å²) in [5.41, 5.74) is 0.466. The van der Waals surface area contributed by atoms with E-state index in [0.717, 1.165) is 0 Å². The highest BCUT2D eigenvalue weighted by Gasteiger charge is 2.33. The van der Waals surface area contributed by atoms with Gasteiger partial charge in [0.15, 0.2) is 0 Å². The number of anilines is 1. The summed E-state index contributed by atoms with van der Waals surface area (Å²) in [6, 6.07) is 9.70. The van der Waals surface area contributed by atoms with E-state index in [1.807, 2.05) is 0 Å². The Balaban J connectivity index is 1.73. The van der Waals surface area contributed by atoms with Crippen molar-refractivity contribution in [3.8, 4) is 5.75 Å². The largest absolute Gasteiger partial charge is 0.495 e. The fraction of sp³-hybridized carbons (Fsp3) is 0.316. The number of nitrogens with one attached hydrogen (secondary N) is 1. The number of halogens is 2. The number of amides is 1. The lowest BCUT2D eigenvalue weighted by molar-refractivity contribution is -0.120. The Morgan fingerprint density at radius 2 is 1.96 bits per heavy atom. The fourth-order valence-electron chi connectivity index (χ4n) is 3.11. The van der Waals surface area contributed by atoms with Crippen molar-refractivity contribution in [3.05, 3.63) is 53.3 Å². The lowest BCUT2D eigenvalue weighted by Crippen LogP contribution is -2.43. The molecule has 1 aliphatic rings. The summed E-state index contributed by atoms with van der Waals surface area (Å²) in [4.78, 5) is 12.6. The molecule has 1 N–H and O–H groups in total. The van der Waals surface area contributed by atoms with Gasteiger partial charge in [-0.2, -0.15) is 4.31 Å². The third kappa shape index (κ3) is 4.45. The first-order valence-corrected chi connectivity index (χ1v) is 10.5. The van der Waals surface area contributed by atoms with Crippen LogP contribution < -0.4 is 10.1 Å². The first kappa shape index (κ1) is 20.6. The Bertz CT molecular complexity index is 966.